The van der Waals surface area contributed by atoms with Gasteiger partial charge in [0, 0.05) is 31.7 Å². The summed E-state index contributed by atoms with van der Waals surface area (Å²) in [6.07, 6.45) is 2.43. The second kappa shape index (κ2) is 8.16. The summed E-state index contributed by atoms with van der Waals surface area (Å²) in [5, 5.41) is 3.35. The standard InChI is InChI=1S/C17H17FN4O2.2ClH/c18-12-3-1-2-10(4-12)16-13-6-19-5-11(13)9-22(16)17(24)14-7-21-15(23)8-20-14;;/h1-4,7-8,11,13,16,19H,5-6,9H2,(H,21,23);2*1H/t11-,13-,16-;;/m0../s1. The van der Waals surface area contributed by atoms with E-state index < -0.39 is 0 Å². The molecule has 2 fully saturated rings. The van der Waals surface area contributed by atoms with Gasteiger partial charge in [-0.3, -0.25) is 9.59 Å². The van der Waals surface area contributed by atoms with Crippen molar-refractivity contribution in [1.82, 2.24) is 20.2 Å². The first-order valence-electron chi connectivity index (χ1n) is 7.95. The van der Waals surface area contributed by atoms with E-state index in [0.29, 0.717) is 12.5 Å². The Morgan fingerprint density at radius 1 is 1.27 bits per heavy atom. The summed E-state index contributed by atoms with van der Waals surface area (Å²) in [4.78, 5) is 32.2. The van der Waals surface area contributed by atoms with E-state index in [2.05, 4.69) is 15.3 Å². The SMILES string of the molecule is Cl.Cl.O=C(c1c[nH]c(=O)cn1)N1C[C@@H]2CNC[C@@H]2[C@@H]1c1cccc(F)c1. The van der Waals surface area contributed by atoms with Crippen LogP contribution in [-0.2, 0) is 0 Å². The van der Waals surface area contributed by atoms with Gasteiger partial charge in [-0.15, -0.1) is 24.8 Å². The largest absolute Gasteiger partial charge is 0.330 e. The highest BCUT2D eigenvalue weighted by Gasteiger charge is 2.47. The molecule has 3 heterocycles. The van der Waals surface area contributed by atoms with E-state index in [0.717, 1.165) is 24.8 Å². The quantitative estimate of drug-likeness (QED) is 0.805. The number of fused-ring (bicyclic) bond motifs is 1. The van der Waals surface area contributed by atoms with Crippen LogP contribution in [0.15, 0.2) is 41.5 Å². The van der Waals surface area contributed by atoms with E-state index in [1.165, 1.54) is 18.3 Å². The van der Waals surface area contributed by atoms with Crippen LogP contribution in [0.5, 0.6) is 0 Å². The maximum Gasteiger partial charge on any atom is 0.274 e. The van der Waals surface area contributed by atoms with Crippen LogP contribution in [0, 0.1) is 17.7 Å². The van der Waals surface area contributed by atoms with Crippen molar-refractivity contribution in [3.63, 3.8) is 0 Å². The zero-order valence-corrected chi connectivity index (χ0v) is 15.4. The Labute approximate surface area is 162 Å². The molecule has 2 saturated heterocycles. The van der Waals surface area contributed by atoms with Crippen LogP contribution in [0.3, 0.4) is 0 Å². The first-order valence-corrected chi connectivity index (χ1v) is 7.95. The van der Waals surface area contributed by atoms with Crippen LogP contribution >= 0.6 is 24.8 Å². The number of nitrogens with one attached hydrogen (secondary N) is 2. The Hall–Kier alpha value is -1.96. The third-order valence-electron chi connectivity index (χ3n) is 4.91. The number of nitrogens with zero attached hydrogens (tertiary/aromatic N) is 2. The van der Waals surface area contributed by atoms with Crippen molar-refractivity contribution in [3.8, 4) is 0 Å². The van der Waals surface area contributed by atoms with E-state index in [4.69, 9.17) is 0 Å². The number of aromatic amines is 1. The van der Waals surface area contributed by atoms with Crippen molar-refractivity contribution < 1.29 is 9.18 Å². The van der Waals surface area contributed by atoms with Crippen molar-refractivity contribution in [3.05, 3.63) is 64.1 Å². The summed E-state index contributed by atoms with van der Waals surface area (Å²) in [6, 6.07) is 6.22. The molecule has 4 rings (SSSR count). The summed E-state index contributed by atoms with van der Waals surface area (Å²) in [7, 11) is 0. The molecule has 3 atom stereocenters. The number of carbonyl (C=O) groups excluding carboxylic acids is 1. The van der Waals surface area contributed by atoms with Gasteiger partial charge in [-0.2, -0.15) is 0 Å². The maximum atomic E-state index is 13.7. The monoisotopic (exact) mass is 400 g/mol. The van der Waals surface area contributed by atoms with E-state index in [1.807, 2.05) is 6.07 Å². The number of H-pyrrole nitrogens is 1. The molecular weight excluding hydrogens is 382 g/mol. The van der Waals surface area contributed by atoms with Gasteiger partial charge in [-0.05, 0) is 23.6 Å². The summed E-state index contributed by atoms with van der Waals surface area (Å²) in [5.41, 5.74) is 0.642. The Morgan fingerprint density at radius 2 is 2.08 bits per heavy atom. The van der Waals surface area contributed by atoms with Crippen LogP contribution < -0.4 is 10.9 Å². The van der Waals surface area contributed by atoms with Crippen LogP contribution in [0.1, 0.15) is 22.1 Å². The molecule has 2 aliphatic heterocycles. The Bertz CT molecular complexity index is 827. The number of likely N-dealkylation sites (tertiary alicyclic amines) is 1. The predicted molar refractivity (Wildman–Crippen MR) is 99.4 cm³/mol. The van der Waals surface area contributed by atoms with Gasteiger partial charge in [0.1, 0.15) is 11.5 Å². The third-order valence-corrected chi connectivity index (χ3v) is 4.91. The van der Waals surface area contributed by atoms with Crippen LogP contribution in [0.25, 0.3) is 0 Å². The van der Waals surface area contributed by atoms with Gasteiger partial charge < -0.3 is 15.2 Å². The molecule has 1 aromatic carbocycles. The molecule has 2 N–H and O–H groups in total. The number of halogens is 3. The minimum absolute atomic E-state index is 0. The zero-order chi connectivity index (χ0) is 16.7. The highest BCUT2D eigenvalue weighted by atomic mass is 35.5. The summed E-state index contributed by atoms with van der Waals surface area (Å²) in [6.45, 7) is 2.24. The minimum atomic E-state index is -0.351. The molecule has 0 saturated carbocycles. The minimum Gasteiger partial charge on any atom is -0.330 e. The summed E-state index contributed by atoms with van der Waals surface area (Å²) in [5.74, 6) is 0.0369. The first kappa shape index (κ1) is 20.4. The lowest BCUT2D eigenvalue weighted by molar-refractivity contribution is 0.0707. The van der Waals surface area contributed by atoms with Crippen molar-refractivity contribution in [2.24, 2.45) is 11.8 Å². The average Bonchev–Trinajstić information content (AvgIpc) is 3.15. The fourth-order valence-electron chi connectivity index (χ4n) is 3.85. The van der Waals surface area contributed by atoms with Gasteiger partial charge >= 0.3 is 0 Å². The van der Waals surface area contributed by atoms with Gasteiger partial charge in [0.05, 0.1) is 12.2 Å². The van der Waals surface area contributed by atoms with Crippen molar-refractivity contribution in [2.45, 2.75) is 6.04 Å². The topological polar surface area (TPSA) is 78.1 Å². The summed E-state index contributed by atoms with van der Waals surface area (Å²) < 4.78 is 13.7. The van der Waals surface area contributed by atoms with Crippen LogP contribution in [0.2, 0.25) is 0 Å². The second-order valence-corrected chi connectivity index (χ2v) is 6.34. The molecule has 0 unspecified atom stereocenters. The van der Waals surface area contributed by atoms with Crippen molar-refractivity contribution in [2.75, 3.05) is 19.6 Å². The molecule has 0 radical (unpaired) electrons. The van der Waals surface area contributed by atoms with Gasteiger partial charge in [0.15, 0.2) is 0 Å². The second-order valence-electron chi connectivity index (χ2n) is 6.34. The lowest BCUT2D eigenvalue weighted by atomic mass is 9.89. The highest BCUT2D eigenvalue weighted by molar-refractivity contribution is 5.92. The maximum absolute atomic E-state index is 13.7. The van der Waals surface area contributed by atoms with Crippen molar-refractivity contribution >= 4 is 30.7 Å². The van der Waals surface area contributed by atoms with Crippen LogP contribution in [0.4, 0.5) is 4.39 Å². The lowest BCUT2D eigenvalue weighted by Gasteiger charge is -2.28. The fourth-order valence-corrected chi connectivity index (χ4v) is 3.85. The van der Waals surface area contributed by atoms with E-state index in [9.17, 15) is 14.0 Å². The van der Waals surface area contributed by atoms with Crippen LogP contribution in [-0.4, -0.2) is 40.4 Å². The highest BCUT2D eigenvalue weighted by Crippen LogP contribution is 2.43. The molecule has 2 aliphatic rings. The number of hydrogen-bond donors (Lipinski definition) is 2. The number of rotatable bonds is 2. The van der Waals surface area contributed by atoms with E-state index in [1.54, 1.807) is 11.0 Å². The molecule has 9 heteroatoms. The molecule has 1 amide bonds. The Balaban J connectivity index is 0.00000121. The Morgan fingerprint density at radius 3 is 2.77 bits per heavy atom. The molecule has 140 valence electrons. The van der Waals surface area contributed by atoms with Gasteiger partial charge in [-0.1, -0.05) is 12.1 Å². The molecule has 0 bridgehead atoms. The zero-order valence-electron chi connectivity index (χ0n) is 13.7. The average molecular weight is 401 g/mol. The van der Waals surface area contributed by atoms with Gasteiger partial charge in [-0.25, -0.2) is 9.37 Å². The van der Waals surface area contributed by atoms with Gasteiger partial charge in [0.25, 0.3) is 11.5 Å². The normalized spacial score (nSPS) is 23.7. The molecule has 0 aliphatic carbocycles. The van der Waals surface area contributed by atoms with E-state index in [-0.39, 0.29) is 59.8 Å². The lowest BCUT2D eigenvalue weighted by Crippen LogP contribution is -2.35. The molecule has 0 spiro atoms. The smallest absolute Gasteiger partial charge is 0.274 e. The first-order chi connectivity index (χ1) is 11.6. The number of carbonyl (C=O) groups is 1. The number of amides is 1. The molecule has 1 aromatic heterocycles. The predicted octanol–water partition coefficient (Wildman–Crippen LogP) is 1.79. The van der Waals surface area contributed by atoms with Gasteiger partial charge in [0.2, 0.25) is 0 Å². The number of aromatic nitrogens is 2. The Kier molecular flexibility index (Phi) is 6.39. The third kappa shape index (κ3) is 3.60. The molecule has 26 heavy (non-hydrogen) atoms. The number of hydrogen-bond acceptors (Lipinski definition) is 4. The van der Waals surface area contributed by atoms with E-state index >= 15 is 0 Å². The summed E-state index contributed by atoms with van der Waals surface area (Å²) >= 11 is 0. The molecule has 2 aromatic rings. The fraction of sp³-hybridized carbons (Fsp3) is 0.353. The van der Waals surface area contributed by atoms with Crippen molar-refractivity contribution in [1.29, 1.82) is 0 Å². The molecule has 6 nitrogen and oxygen atoms in total. The number of benzene rings is 1. The molecular formula is C17H19Cl2FN4O2.